The van der Waals surface area contributed by atoms with Crippen molar-refractivity contribution < 1.29 is 8.42 Å². The molecule has 1 fully saturated rings. The molecular weight excluding hydrogens is 204 g/mol. The molecule has 0 amide bonds. The van der Waals surface area contributed by atoms with Crippen LogP contribution in [-0.2, 0) is 23.5 Å². The van der Waals surface area contributed by atoms with E-state index in [2.05, 4.69) is 10.2 Å². The van der Waals surface area contributed by atoms with Gasteiger partial charge in [-0.15, -0.1) is 10.2 Å². The molecule has 2 N–H and O–H groups in total. The second-order valence-electron chi connectivity index (χ2n) is 3.65. The van der Waals surface area contributed by atoms with Crippen LogP contribution in [-0.4, -0.2) is 23.2 Å². The molecule has 0 saturated heterocycles. The highest BCUT2D eigenvalue weighted by molar-refractivity contribution is 7.89. The smallest absolute Gasteiger partial charge is 0.273 e. The van der Waals surface area contributed by atoms with E-state index < -0.39 is 10.0 Å². The van der Waals surface area contributed by atoms with E-state index in [1.54, 1.807) is 7.05 Å². The molecule has 0 aromatic carbocycles. The average Bonchev–Trinajstić information content (AvgIpc) is 2.76. The first-order valence-electron chi connectivity index (χ1n) is 4.39. The van der Waals surface area contributed by atoms with Gasteiger partial charge in [-0.1, -0.05) is 0 Å². The van der Waals surface area contributed by atoms with Crippen LogP contribution in [0.3, 0.4) is 0 Å². The standard InChI is InChI=1S/C7H12N4O2S/c1-11-6(4-5-2-3-5)9-10-7(11)14(8,12)13/h5H,2-4H2,1H3,(H2,8,12,13). The van der Waals surface area contributed by atoms with Gasteiger partial charge in [-0.25, -0.2) is 13.6 Å². The summed E-state index contributed by atoms with van der Waals surface area (Å²) in [5.74, 6) is 1.34. The molecule has 1 aliphatic rings. The molecule has 1 aromatic rings. The molecule has 0 atom stereocenters. The Hall–Kier alpha value is -0.950. The van der Waals surface area contributed by atoms with E-state index in [1.807, 2.05) is 0 Å². The summed E-state index contributed by atoms with van der Waals surface area (Å²) in [5.41, 5.74) is 0. The summed E-state index contributed by atoms with van der Waals surface area (Å²) in [6.07, 6.45) is 3.17. The van der Waals surface area contributed by atoms with Gasteiger partial charge in [-0.05, 0) is 18.8 Å². The van der Waals surface area contributed by atoms with Gasteiger partial charge in [0, 0.05) is 13.5 Å². The molecule has 1 heterocycles. The Labute approximate surface area is 82.2 Å². The monoisotopic (exact) mass is 216 g/mol. The Kier molecular flexibility index (Phi) is 2.07. The summed E-state index contributed by atoms with van der Waals surface area (Å²) in [4.78, 5) is 0. The van der Waals surface area contributed by atoms with Gasteiger partial charge in [0.1, 0.15) is 5.82 Å². The largest absolute Gasteiger partial charge is 0.304 e. The predicted octanol–water partition coefficient (Wildman–Crippen LogP) is -0.585. The van der Waals surface area contributed by atoms with Crippen LogP contribution in [0.25, 0.3) is 0 Å². The average molecular weight is 216 g/mol. The molecule has 1 saturated carbocycles. The van der Waals surface area contributed by atoms with E-state index >= 15 is 0 Å². The molecule has 0 aliphatic heterocycles. The van der Waals surface area contributed by atoms with Crippen LogP contribution >= 0.6 is 0 Å². The van der Waals surface area contributed by atoms with Crippen molar-refractivity contribution in [3.05, 3.63) is 5.82 Å². The summed E-state index contributed by atoms with van der Waals surface area (Å²) in [6, 6.07) is 0. The Morgan fingerprint density at radius 3 is 2.57 bits per heavy atom. The van der Waals surface area contributed by atoms with E-state index in [9.17, 15) is 8.42 Å². The van der Waals surface area contributed by atoms with Crippen molar-refractivity contribution in [3.8, 4) is 0 Å². The van der Waals surface area contributed by atoms with Crippen molar-refractivity contribution in [3.63, 3.8) is 0 Å². The third-order valence-electron chi connectivity index (χ3n) is 2.35. The first-order valence-corrected chi connectivity index (χ1v) is 5.94. The number of rotatable bonds is 3. The van der Waals surface area contributed by atoms with E-state index in [-0.39, 0.29) is 5.16 Å². The highest BCUT2D eigenvalue weighted by Gasteiger charge is 2.26. The van der Waals surface area contributed by atoms with Gasteiger partial charge in [0.25, 0.3) is 15.2 Å². The maximum absolute atomic E-state index is 11.0. The lowest BCUT2D eigenvalue weighted by Gasteiger charge is -2.00. The van der Waals surface area contributed by atoms with Crippen LogP contribution in [0.5, 0.6) is 0 Å². The Morgan fingerprint density at radius 2 is 2.14 bits per heavy atom. The Balaban J connectivity index is 2.31. The van der Waals surface area contributed by atoms with Crippen LogP contribution in [0.4, 0.5) is 0 Å². The van der Waals surface area contributed by atoms with Crippen LogP contribution in [0, 0.1) is 5.92 Å². The van der Waals surface area contributed by atoms with Crippen molar-refractivity contribution in [2.24, 2.45) is 18.1 Å². The molecular formula is C7H12N4O2S. The normalized spacial score (nSPS) is 17.3. The van der Waals surface area contributed by atoms with Crippen molar-refractivity contribution in [2.75, 3.05) is 0 Å². The van der Waals surface area contributed by atoms with Gasteiger partial charge >= 0.3 is 0 Å². The van der Waals surface area contributed by atoms with Gasteiger partial charge in [0.2, 0.25) is 0 Å². The number of primary sulfonamides is 1. The van der Waals surface area contributed by atoms with Crippen LogP contribution in [0.1, 0.15) is 18.7 Å². The summed E-state index contributed by atoms with van der Waals surface area (Å²) < 4.78 is 23.5. The minimum atomic E-state index is -3.74. The molecule has 2 rings (SSSR count). The van der Waals surface area contributed by atoms with E-state index in [0.29, 0.717) is 11.7 Å². The molecule has 0 radical (unpaired) electrons. The zero-order chi connectivity index (χ0) is 10.3. The minimum absolute atomic E-state index is 0.159. The summed E-state index contributed by atoms with van der Waals surface area (Å²) in [6.45, 7) is 0. The second-order valence-corrected chi connectivity index (χ2v) is 5.11. The van der Waals surface area contributed by atoms with Crippen molar-refractivity contribution in [1.82, 2.24) is 14.8 Å². The third-order valence-corrected chi connectivity index (χ3v) is 3.21. The molecule has 0 spiro atoms. The highest BCUT2D eigenvalue weighted by Crippen LogP contribution is 2.32. The SMILES string of the molecule is Cn1c(CC2CC2)nnc1S(N)(=O)=O. The number of hydrogen-bond acceptors (Lipinski definition) is 4. The maximum Gasteiger partial charge on any atom is 0.273 e. The van der Waals surface area contributed by atoms with Crippen molar-refractivity contribution in [2.45, 2.75) is 24.4 Å². The molecule has 0 bridgehead atoms. The van der Waals surface area contributed by atoms with Gasteiger partial charge in [0.15, 0.2) is 0 Å². The quantitative estimate of drug-likeness (QED) is 0.731. The minimum Gasteiger partial charge on any atom is -0.304 e. The first kappa shape index (κ1) is 9.60. The van der Waals surface area contributed by atoms with Crippen molar-refractivity contribution >= 4 is 10.0 Å². The number of nitrogens with two attached hydrogens (primary N) is 1. The molecule has 0 unspecified atom stereocenters. The fraction of sp³-hybridized carbons (Fsp3) is 0.714. The lowest BCUT2D eigenvalue weighted by Crippen LogP contribution is -2.17. The van der Waals surface area contributed by atoms with Gasteiger partial charge < -0.3 is 4.57 Å². The number of aromatic nitrogens is 3. The zero-order valence-corrected chi connectivity index (χ0v) is 8.66. The molecule has 1 aliphatic carbocycles. The fourth-order valence-corrected chi connectivity index (χ4v) is 1.99. The molecule has 1 aromatic heterocycles. The van der Waals surface area contributed by atoms with E-state index in [0.717, 1.165) is 6.42 Å². The Morgan fingerprint density at radius 1 is 1.50 bits per heavy atom. The van der Waals surface area contributed by atoms with Gasteiger partial charge in [-0.2, -0.15) is 0 Å². The summed E-state index contributed by atoms with van der Waals surface area (Å²) in [7, 11) is -2.12. The lowest BCUT2D eigenvalue weighted by molar-refractivity contribution is 0.576. The van der Waals surface area contributed by atoms with Crippen LogP contribution in [0.2, 0.25) is 0 Å². The van der Waals surface area contributed by atoms with Crippen molar-refractivity contribution in [1.29, 1.82) is 0 Å². The van der Waals surface area contributed by atoms with E-state index in [1.165, 1.54) is 17.4 Å². The summed E-state index contributed by atoms with van der Waals surface area (Å²) >= 11 is 0. The van der Waals surface area contributed by atoms with Crippen LogP contribution < -0.4 is 5.14 Å². The molecule has 14 heavy (non-hydrogen) atoms. The Bertz CT molecular complexity index is 446. The third kappa shape index (κ3) is 1.78. The van der Waals surface area contributed by atoms with Gasteiger partial charge in [-0.3, -0.25) is 0 Å². The number of sulfonamides is 1. The molecule has 78 valence electrons. The highest BCUT2D eigenvalue weighted by atomic mass is 32.2. The summed E-state index contributed by atoms with van der Waals surface area (Å²) in [5, 5.41) is 12.2. The zero-order valence-electron chi connectivity index (χ0n) is 7.84. The van der Waals surface area contributed by atoms with Gasteiger partial charge in [0.05, 0.1) is 0 Å². The van der Waals surface area contributed by atoms with E-state index in [4.69, 9.17) is 5.14 Å². The maximum atomic E-state index is 11.0. The number of hydrogen-bond donors (Lipinski definition) is 1. The molecule has 6 nitrogen and oxygen atoms in total. The number of nitrogens with zero attached hydrogens (tertiary/aromatic N) is 3. The molecule has 7 heteroatoms. The lowest BCUT2D eigenvalue weighted by atomic mass is 10.3. The predicted molar refractivity (Wildman–Crippen MR) is 48.8 cm³/mol. The topological polar surface area (TPSA) is 90.9 Å². The second kappa shape index (κ2) is 3.03. The first-order chi connectivity index (χ1) is 6.48. The fourth-order valence-electron chi connectivity index (χ4n) is 1.35. The van der Waals surface area contributed by atoms with Crippen LogP contribution in [0.15, 0.2) is 5.16 Å².